The number of carboxylic acid groups (broad SMARTS) is 1. The smallest absolute Gasteiger partial charge is 0.308 e. The normalized spacial score (nSPS) is 13.3. The molecule has 2 N–H and O–H groups in total. The number of hydrogen-bond acceptors (Lipinski definition) is 4. The lowest BCUT2D eigenvalue weighted by atomic mass is 10.0. The third kappa shape index (κ3) is 4.67. The minimum absolute atomic E-state index is 0.200. The quantitative estimate of drug-likeness (QED) is 0.818. The Balaban J connectivity index is 1.86. The Labute approximate surface area is 134 Å². The molecular weight excluding hydrogens is 296 g/mol. The van der Waals surface area contributed by atoms with Crippen LogP contribution in [0.25, 0.3) is 11.3 Å². The molecule has 122 valence electrons. The zero-order valence-electron chi connectivity index (χ0n) is 13.2. The minimum atomic E-state index is -0.932. The van der Waals surface area contributed by atoms with Crippen LogP contribution in [0.2, 0.25) is 0 Å². The Hall–Kier alpha value is -2.63. The number of nitrogens with zero attached hydrogens (tertiary/aromatic N) is 1. The summed E-state index contributed by atoms with van der Waals surface area (Å²) in [5.41, 5.74) is 0.930. The van der Waals surface area contributed by atoms with Crippen molar-refractivity contribution in [3.05, 3.63) is 42.4 Å². The number of aryl methyl sites for hydroxylation is 1. The van der Waals surface area contributed by atoms with Gasteiger partial charge in [0.2, 0.25) is 5.91 Å². The lowest BCUT2D eigenvalue weighted by molar-refractivity contribution is -0.142. The molecule has 2 rings (SSSR count). The van der Waals surface area contributed by atoms with E-state index < -0.39 is 17.9 Å². The maximum atomic E-state index is 11.9. The van der Waals surface area contributed by atoms with Crippen LogP contribution in [0.15, 0.2) is 40.9 Å². The molecule has 6 nitrogen and oxygen atoms in total. The molecule has 0 radical (unpaired) electrons. The van der Waals surface area contributed by atoms with Crippen LogP contribution in [0, 0.1) is 5.92 Å². The lowest BCUT2D eigenvalue weighted by Crippen LogP contribution is -2.40. The molecule has 0 bridgehead atoms. The SMILES string of the molecule is CC(NC(=O)CCc1ncc(-c2ccccc2)o1)C(C)C(=O)O. The number of aliphatic carboxylic acids is 1. The van der Waals surface area contributed by atoms with Crippen molar-refractivity contribution in [1.82, 2.24) is 10.3 Å². The van der Waals surface area contributed by atoms with Crippen molar-refractivity contribution in [2.45, 2.75) is 32.7 Å². The first kappa shape index (κ1) is 16.7. The van der Waals surface area contributed by atoms with Gasteiger partial charge in [0.25, 0.3) is 0 Å². The van der Waals surface area contributed by atoms with Gasteiger partial charge in [-0.1, -0.05) is 30.3 Å². The summed E-state index contributed by atoms with van der Waals surface area (Å²) in [6.07, 6.45) is 2.20. The summed E-state index contributed by atoms with van der Waals surface area (Å²) >= 11 is 0. The van der Waals surface area contributed by atoms with Crippen molar-refractivity contribution in [3.8, 4) is 11.3 Å². The van der Waals surface area contributed by atoms with Gasteiger partial charge in [0.15, 0.2) is 11.7 Å². The van der Waals surface area contributed by atoms with Gasteiger partial charge in [-0.25, -0.2) is 4.98 Å². The zero-order chi connectivity index (χ0) is 16.8. The fourth-order valence-electron chi connectivity index (χ4n) is 2.05. The summed E-state index contributed by atoms with van der Waals surface area (Å²) < 4.78 is 5.63. The largest absolute Gasteiger partial charge is 0.481 e. The third-order valence-corrected chi connectivity index (χ3v) is 3.71. The molecule has 0 spiro atoms. The number of carboxylic acids is 1. The number of carbonyl (C=O) groups is 2. The van der Waals surface area contributed by atoms with Crippen molar-refractivity contribution in [1.29, 1.82) is 0 Å². The zero-order valence-corrected chi connectivity index (χ0v) is 13.2. The third-order valence-electron chi connectivity index (χ3n) is 3.71. The first-order valence-electron chi connectivity index (χ1n) is 7.49. The number of rotatable bonds is 7. The molecule has 0 aliphatic rings. The van der Waals surface area contributed by atoms with Crippen LogP contribution < -0.4 is 5.32 Å². The topological polar surface area (TPSA) is 92.4 Å². The number of carbonyl (C=O) groups excluding carboxylic acids is 1. The highest BCUT2D eigenvalue weighted by Gasteiger charge is 2.21. The van der Waals surface area contributed by atoms with E-state index in [2.05, 4.69) is 10.3 Å². The van der Waals surface area contributed by atoms with E-state index in [4.69, 9.17) is 9.52 Å². The molecule has 1 heterocycles. The van der Waals surface area contributed by atoms with Crippen molar-refractivity contribution in [2.75, 3.05) is 0 Å². The molecule has 2 aromatic rings. The molecule has 1 aromatic carbocycles. The average Bonchev–Trinajstić information content (AvgIpc) is 3.02. The molecule has 1 aromatic heterocycles. The second-order valence-electron chi connectivity index (χ2n) is 5.47. The van der Waals surface area contributed by atoms with Crippen LogP contribution in [0.4, 0.5) is 0 Å². The Morgan fingerprint density at radius 2 is 1.96 bits per heavy atom. The summed E-state index contributed by atoms with van der Waals surface area (Å²) in [5, 5.41) is 11.6. The molecule has 0 saturated heterocycles. The maximum absolute atomic E-state index is 11.9. The van der Waals surface area contributed by atoms with Crippen molar-refractivity contribution in [2.24, 2.45) is 5.92 Å². The molecule has 2 atom stereocenters. The first-order chi connectivity index (χ1) is 11.0. The summed E-state index contributed by atoms with van der Waals surface area (Å²) in [5.74, 6) is -0.639. The molecule has 2 unspecified atom stereocenters. The van der Waals surface area contributed by atoms with Crippen molar-refractivity contribution >= 4 is 11.9 Å². The van der Waals surface area contributed by atoms with Gasteiger partial charge in [-0.2, -0.15) is 0 Å². The first-order valence-corrected chi connectivity index (χ1v) is 7.49. The Morgan fingerprint density at radius 3 is 2.61 bits per heavy atom. The second kappa shape index (κ2) is 7.58. The van der Waals surface area contributed by atoms with Crippen LogP contribution >= 0.6 is 0 Å². The van der Waals surface area contributed by atoms with E-state index in [0.717, 1.165) is 5.56 Å². The number of amides is 1. The van der Waals surface area contributed by atoms with E-state index in [1.54, 1.807) is 20.0 Å². The number of benzene rings is 1. The fraction of sp³-hybridized carbons (Fsp3) is 0.353. The molecule has 0 saturated carbocycles. The molecule has 0 aliphatic heterocycles. The highest BCUT2D eigenvalue weighted by molar-refractivity contribution is 5.78. The van der Waals surface area contributed by atoms with Gasteiger partial charge in [0, 0.05) is 24.4 Å². The molecule has 0 fully saturated rings. The fourth-order valence-corrected chi connectivity index (χ4v) is 2.05. The molecule has 0 aliphatic carbocycles. The van der Waals surface area contributed by atoms with E-state index in [1.165, 1.54) is 0 Å². The predicted molar refractivity (Wildman–Crippen MR) is 84.7 cm³/mol. The summed E-state index contributed by atoms with van der Waals surface area (Å²) in [6, 6.07) is 9.17. The van der Waals surface area contributed by atoms with Gasteiger partial charge in [0.1, 0.15) is 0 Å². The standard InChI is InChI=1S/C17H20N2O4/c1-11(17(21)22)12(2)19-15(20)8-9-16-18-10-14(23-16)13-6-4-3-5-7-13/h3-7,10-12H,8-9H2,1-2H3,(H,19,20)(H,21,22). The van der Waals surface area contributed by atoms with Crippen LogP contribution in [-0.2, 0) is 16.0 Å². The van der Waals surface area contributed by atoms with Gasteiger partial charge in [-0.15, -0.1) is 0 Å². The number of nitrogens with one attached hydrogen (secondary N) is 1. The predicted octanol–water partition coefficient (Wildman–Crippen LogP) is 2.50. The van der Waals surface area contributed by atoms with E-state index >= 15 is 0 Å². The molecule has 6 heteroatoms. The second-order valence-corrected chi connectivity index (χ2v) is 5.47. The van der Waals surface area contributed by atoms with Crippen molar-refractivity contribution in [3.63, 3.8) is 0 Å². The number of hydrogen-bond donors (Lipinski definition) is 2. The van der Waals surface area contributed by atoms with E-state index in [-0.39, 0.29) is 12.3 Å². The number of aromatic nitrogens is 1. The summed E-state index contributed by atoms with van der Waals surface area (Å²) in [4.78, 5) is 26.9. The van der Waals surface area contributed by atoms with E-state index in [0.29, 0.717) is 18.1 Å². The Bertz CT molecular complexity index is 666. The minimum Gasteiger partial charge on any atom is -0.481 e. The Morgan fingerprint density at radius 1 is 1.26 bits per heavy atom. The average molecular weight is 316 g/mol. The van der Waals surface area contributed by atoms with Gasteiger partial charge in [-0.05, 0) is 13.8 Å². The maximum Gasteiger partial charge on any atom is 0.308 e. The molecule has 23 heavy (non-hydrogen) atoms. The van der Waals surface area contributed by atoms with E-state index in [1.807, 2.05) is 30.3 Å². The van der Waals surface area contributed by atoms with Gasteiger partial charge in [0.05, 0.1) is 12.1 Å². The van der Waals surface area contributed by atoms with Crippen LogP contribution in [-0.4, -0.2) is 28.0 Å². The van der Waals surface area contributed by atoms with Crippen LogP contribution in [0.1, 0.15) is 26.2 Å². The van der Waals surface area contributed by atoms with Crippen LogP contribution in [0.5, 0.6) is 0 Å². The Kier molecular flexibility index (Phi) is 5.51. The van der Waals surface area contributed by atoms with Gasteiger partial charge >= 0.3 is 5.97 Å². The van der Waals surface area contributed by atoms with Gasteiger partial charge < -0.3 is 14.8 Å². The summed E-state index contributed by atoms with van der Waals surface area (Å²) in [7, 11) is 0. The summed E-state index contributed by atoms with van der Waals surface area (Å²) in [6.45, 7) is 3.24. The highest BCUT2D eigenvalue weighted by Crippen LogP contribution is 2.20. The lowest BCUT2D eigenvalue weighted by Gasteiger charge is -2.17. The highest BCUT2D eigenvalue weighted by atomic mass is 16.4. The van der Waals surface area contributed by atoms with Gasteiger partial charge in [-0.3, -0.25) is 9.59 Å². The van der Waals surface area contributed by atoms with E-state index in [9.17, 15) is 9.59 Å². The molecular formula is C17H20N2O4. The number of oxazole rings is 1. The monoisotopic (exact) mass is 316 g/mol. The van der Waals surface area contributed by atoms with Crippen LogP contribution in [0.3, 0.4) is 0 Å². The van der Waals surface area contributed by atoms with Crippen molar-refractivity contribution < 1.29 is 19.1 Å². The molecule has 1 amide bonds.